The van der Waals surface area contributed by atoms with E-state index in [4.69, 9.17) is 0 Å². The minimum Gasteiger partial charge on any atom is -0.192 e. The van der Waals surface area contributed by atoms with Gasteiger partial charge in [0.15, 0.2) is 0 Å². The molecule has 1 nitrogen and oxygen atoms in total. The van der Waals surface area contributed by atoms with Crippen molar-refractivity contribution in [3.8, 4) is 6.07 Å². The zero-order valence-corrected chi connectivity index (χ0v) is 10.3. The van der Waals surface area contributed by atoms with Gasteiger partial charge in [-0.15, -0.1) is 13.2 Å². The Hall–Kier alpha value is -2.33. The third-order valence-electron chi connectivity index (χ3n) is 3.18. The van der Waals surface area contributed by atoms with E-state index in [1.54, 1.807) is 0 Å². The highest BCUT2D eigenvalue weighted by Crippen LogP contribution is 2.29. The SMILES string of the molecule is C=CCC(C=C)c1ccc2ccccc2c1C#N. The molecule has 0 heterocycles. The van der Waals surface area contributed by atoms with Crippen molar-refractivity contribution in [2.24, 2.45) is 0 Å². The summed E-state index contributed by atoms with van der Waals surface area (Å²) < 4.78 is 0. The Morgan fingerprint density at radius 1 is 1.17 bits per heavy atom. The van der Waals surface area contributed by atoms with Crippen LogP contribution in [0, 0.1) is 11.3 Å². The standard InChI is InChI=1S/C17H15N/c1-3-7-13(4-2)16-11-10-14-8-5-6-9-15(14)17(16)12-18/h3-6,8-11,13H,1-2,7H2. The summed E-state index contributed by atoms with van der Waals surface area (Å²) in [6, 6.07) is 14.4. The molecular weight excluding hydrogens is 218 g/mol. The first-order chi connectivity index (χ1) is 8.81. The van der Waals surface area contributed by atoms with Crippen molar-refractivity contribution in [1.82, 2.24) is 0 Å². The Labute approximate surface area is 108 Å². The van der Waals surface area contributed by atoms with Crippen LogP contribution in [0.2, 0.25) is 0 Å². The molecule has 0 saturated carbocycles. The van der Waals surface area contributed by atoms with Crippen molar-refractivity contribution in [2.75, 3.05) is 0 Å². The summed E-state index contributed by atoms with van der Waals surface area (Å²) in [6.45, 7) is 7.62. The van der Waals surface area contributed by atoms with E-state index in [9.17, 15) is 5.26 Å². The molecule has 1 unspecified atom stereocenters. The van der Waals surface area contributed by atoms with Gasteiger partial charge >= 0.3 is 0 Å². The third-order valence-corrected chi connectivity index (χ3v) is 3.18. The van der Waals surface area contributed by atoms with Crippen LogP contribution in [0.25, 0.3) is 10.8 Å². The molecule has 1 atom stereocenters. The van der Waals surface area contributed by atoms with E-state index < -0.39 is 0 Å². The molecule has 0 N–H and O–H groups in total. The summed E-state index contributed by atoms with van der Waals surface area (Å²) in [5.41, 5.74) is 1.78. The monoisotopic (exact) mass is 233 g/mol. The van der Waals surface area contributed by atoms with Crippen LogP contribution in [-0.2, 0) is 0 Å². The van der Waals surface area contributed by atoms with E-state index in [2.05, 4.69) is 25.3 Å². The lowest BCUT2D eigenvalue weighted by Crippen LogP contribution is -1.98. The molecule has 0 aliphatic heterocycles. The number of nitriles is 1. The molecule has 0 aliphatic carbocycles. The van der Waals surface area contributed by atoms with Crippen LogP contribution in [0.15, 0.2) is 61.7 Å². The van der Waals surface area contributed by atoms with E-state index in [1.807, 2.05) is 42.5 Å². The maximum atomic E-state index is 9.42. The largest absolute Gasteiger partial charge is 0.192 e. The molecule has 0 aliphatic rings. The number of hydrogen-bond donors (Lipinski definition) is 0. The van der Waals surface area contributed by atoms with Crippen molar-refractivity contribution in [3.05, 3.63) is 72.8 Å². The van der Waals surface area contributed by atoms with Crippen LogP contribution in [0.4, 0.5) is 0 Å². The van der Waals surface area contributed by atoms with Crippen LogP contribution >= 0.6 is 0 Å². The second kappa shape index (κ2) is 5.33. The van der Waals surface area contributed by atoms with Gasteiger partial charge in [0.25, 0.3) is 0 Å². The average Bonchev–Trinajstić information content (AvgIpc) is 2.43. The Morgan fingerprint density at radius 2 is 1.94 bits per heavy atom. The summed E-state index contributed by atoms with van der Waals surface area (Å²) in [5.74, 6) is 0.154. The highest BCUT2D eigenvalue weighted by atomic mass is 14.3. The summed E-state index contributed by atoms with van der Waals surface area (Å²) in [6.07, 6.45) is 4.55. The molecule has 0 spiro atoms. The van der Waals surface area contributed by atoms with Gasteiger partial charge < -0.3 is 0 Å². The van der Waals surface area contributed by atoms with Gasteiger partial charge in [0.1, 0.15) is 6.07 Å². The lowest BCUT2D eigenvalue weighted by Gasteiger charge is -2.14. The van der Waals surface area contributed by atoms with E-state index in [0.717, 1.165) is 28.3 Å². The van der Waals surface area contributed by atoms with Gasteiger partial charge in [0.05, 0.1) is 5.56 Å². The Morgan fingerprint density at radius 3 is 2.61 bits per heavy atom. The number of rotatable bonds is 4. The second-order valence-corrected chi connectivity index (χ2v) is 4.23. The topological polar surface area (TPSA) is 23.8 Å². The molecule has 18 heavy (non-hydrogen) atoms. The summed E-state index contributed by atoms with van der Waals surface area (Å²) in [7, 11) is 0. The number of fused-ring (bicyclic) bond motifs is 1. The van der Waals surface area contributed by atoms with E-state index in [1.165, 1.54) is 0 Å². The lowest BCUT2D eigenvalue weighted by molar-refractivity contribution is 0.866. The van der Waals surface area contributed by atoms with Crippen LogP contribution in [0.1, 0.15) is 23.5 Å². The van der Waals surface area contributed by atoms with Crippen molar-refractivity contribution in [1.29, 1.82) is 5.26 Å². The fourth-order valence-electron chi connectivity index (χ4n) is 2.25. The summed E-state index contributed by atoms with van der Waals surface area (Å²) in [4.78, 5) is 0. The first-order valence-electron chi connectivity index (χ1n) is 5.97. The molecule has 0 saturated heterocycles. The molecule has 0 radical (unpaired) electrons. The molecular formula is C17H15N. The molecule has 0 amide bonds. The van der Waals surface area contributed by atoms with Crippen LogP contribution in [-0.4, -0.2) is 0 Å². The van der Waals surface area contributed by atoms with Crippen molar-refractivity contribution >= 4 is 10.8 Å². The van der Waals surface area contributed by atoms with Crippen LogP contribution in [0.3, 0.4) is 0 Å². The van der Waals surface area contributed by atoms with Gasteiger partial charge in [-0.2, -0.15) is 5.26 Å². The molecule has 2 aromatic carbocycles. The van der Waals surface area contributed by atoms with E-state index >= 15 is 0 Å². The molecule has 1 heteroatoms. The molecule has 0 fully saturated rings. The van der Waals surface area contributed by atoms with Gasteiger partial charge in [-0.3, -0.25) is 0 Å². The zero-order chi connectivity index (χ0) is 13.0. The lowest BCUT2D eigenvalue weighted by atomic mass is 9.89. The number of allylic oxidation sites excluding steroid dienone is 2. The predicted octanol–water partition coefficient (Wildman–Crippen LogP) is 4.56. The molecule has 88 valence electrons. The highest BCUT2D eigenvalue weighted by Gasteiger charge is 2.13. The normalized spacial score (nSPS) is 11.7. The maximum absolute atomic E-state index is 9.42. The minimum atomic E-state index is 0.154. The van der Waals surface area contributed by atoms with Gasteiger partial charge in [0, 0.05) is 5.92 Å². The zero-order valence-electron chi connectivity index (χ0n) is 10.3. The Kier molecular flexibility index (Phi) is 3.60. The first kappa shape index (κ1) is 12.1. The fourth-order valence-corrected chi connectivity index (χ4v) is 2.25. The first-order valence-corrected chi connectivity index (χ1v) is 5.97. The van der Waals surface area contributed by atoms with Crippen molar-refractivity contribution in [3.63, 3.8) is 0 Å². The van der Waals surface area contributed by atoms with Crippen molar-refractivity contribution < 1.29 is 0 Å². The van der Waals surface area contributed by atoms with Gasteiger partial charge in [-0.1, -0.05) is 48.6 Å². The molecule has 0 bridgehead atoms. The number of benzene rings is 2. The van der Waals surface area contributed by atoms with E-state index in [-0.39, 0.29) is 5.92 Å². The quantitative estimate of drug-likeness (QED) is 0.710. The highest BCUT2D eigenvalue weighted by molar-refractivity contribution is 5.89. The van der Waals surface area contributed by atoms with Gasteiger partial charge in [0.2, 0.25) is 0 Å². The number of hydrogen-bond acceptors (Lipinski definition) is 1. The van der Waals surface area contributed by atoms with Gasteiger partial charge in [-0.25, -0.2) is 0 Å². The van der Waals surface area contributed by atoms with Crippen LogP contribution in [0.5, 0.6) is 0 Å². The number of nitrogens with zero attached hydrogens (tertiary/aromatic N) is 1. The van der Waals surface area contributed by atoms with E-state index in [0.29, 0.717) is 0 Å². The van der Waals surface area contributed by atoms with Gasteiger partial charge in [-0.05, 0) is 22.8 Å². The predicted molar refractivity (Wildman–Crippen MR) is 76.4 cm³/mol. The smallest absolute Gasteiger partial charge is 0.100 e. The summed E-state index contributed by atoms with van der Waals surface area (Å²) in [5, 5.41) is 11.5. The maximum Gasteiger partial charge on any atom is 0.100 e. The molecule has 2 rings (SSSR count). The minimum absolute atomic E-state index is 0.154. The summed E-state index contributed by atoms with van der Waals surface area (Å²) >= 11 is 0. The Balaban J connectivity index is 2.68. The molecule has 0 aromatic heterocycles. The Bertz CT molecular complexity index is 632. The van der Waals surface area contributed by atoms with Crippen molar-refractivity contribution in [2.45, 2.75) is 12.3 Å². The third kappa shape index (κ3) is 2.06. The van der Waals surface area contributed by atoms with Crippen LogP contribution < -0.4 is 0 Å². The second-order valence-electron chi connectivity index (χ2n) is 4.23. The average molecular weight is 233 g/mol. The fraction of sp³-hybridized carbons (Fsp3) is 0.118. The molecule has 2 aromatic rings.